The first-order valence-electron chi connectivity index (χ1n) is 10.4. The summed E-state index contributed by atoms with van der Waals surface area (Å²) in [6.07, 6.45) is 1.15. The van der Waals surface area contributed by atoms with Crippen LogP contribution >= 0.6 is 37.2 Å². The van der Waals surface area contributed by atoms with Gasteiger partial charge in [0.05, 0.1) is 17.6 Å². The van der Waals surface area contributed by atoms with E-state index in [1.165, 1.54) is 0 Å². The molecule has 0 bridgehead atoms. The van der Waals surface area contributed by atoms with Gasteiger partial charge in [-0.1, -0.05) is 6.92 Å². The van der Waals surface area contributed by atoms with Gasteiger partial charge in [0.2, 0.25) is 11.8 Å². The fourth-order valence-corrected chi connectivity index (χ4v) is 3.55. The average molecular weight is 537 g/mol. The van der Waals surface area contributed by atoms with Crippen molar-refractivity contribution in [3.8, 4) is 0 Å². The Hall–Kier alpha value is -2.33. The topological polar surface area (TPSA) is 106 Å². The number of piperazine rings is 1. The largest absolute Gasteiger partial charge is 0.478 e. The van der Waals surface area contributed by atoms with Crippen LogP contribution in [-0.4, -0.2) is 84.5 Å². The number of anilines is 2. The number of hydrogen-bond acceptors (Lipinski definition) is 6. The molecule has 2 amide bonds. The van der Waals surface area contributed by atoms with E-state index >= 15 is 0 Å². The standard InChI is InChI=1S/C22H29N5O4.3ClH/c1-4-5-20(28)23-15-6-7-18-16(12-15)17(22(30)31)13-19(24-18)27-10-8-26(9-11-27)14-21(29)25(2)3;;;/h6-7,12-13H,4-5,8-11,14H2,1-3H3,(H,23,28)(H,30,31);3*1H. The number of pyridine rings is 1. The minimum atomic E-state index is -1.04. The molecule has 1 aromatic heterocycles. The molecule has 9 nitrogen and oxygen atoms in total. The Morgan fingerprint density at radius 2 is 1.71 bits per heavy atom. The van der Waals surface area contributed by atoms with Crippen molar-refractivity contribution in [3.63, 3.8) is 0 Å². The van der Waals surface area contributed by atoms with E-state index in [0.29, 0.717) is 61.6 Å². The summed E-state index contributed by atoms with van der Waals surface area (Å²) < 4.78 is 0. The van der Waals surface area contributed by atoms with Crippen LogP contribution in [0, 0.1) is 0 Å². The monoisotopic (exact) mass is 535 g/mol. The zero-order chi connectivity index (χ0) is 22.5. The van der Waals surface area contributed by atoms with E-state index < -0.39 is 5.97 Å². The molecule has 12 heteroatoms. The van der Waals surface area contributed by atoms with Crippen molar-refractivity contribution in [1.82, 2.24) is 14.8 Å². The summed E-state index contributed by atoms with van der Waals surface area (Å²) in [6, 6.07) is 6.72. The Balaban J connectivity index is 0.00000363. The van der Waals surface area contributed by atoms with E-state index in [1.54, 1.807) is 43.3 Å². The minimum absolute atomic E-state index is 0. The molecule has 2 aromatic rings. The van der Waals surface area contributed by atoms with Gasteiger partial charge in [-0.3, -0.25) is 14.5 Å². The zero-order valence-electron chi connectivity index (χ0n) is 19.4. The Morgan fingerprint density at radius 3 is 2.26 bits per heavy atom. The van der Waals surface area contributed by atoms with Crippen LogP contribution in [0.3, 0.4) is 0 Å². The van der Waals surface area contributed by atoms with Crippen molar-refractivity contribution in [2.24, 2.45) is 0 Å². The molecule has 34 heavy (non-hydrogen) atoms. The summed E-state index contributed by atoms with van der Waals surface area (Å²) in [5.74, 6) is -0.478. The van der Waals surface area contributed by atoms with Gasteiger partial charge in [0.15, 0.2) is 0 Å². The normalized spacial score (nSPS) is 13.2. The fourth-order valence-electron chi connectivity index (χ4n) is 3.55. The number of fused-ring (bicyclic) bond motifs is 1. The number of carbonyl (C=O) groups is 3. The lowest BCUT2D eigenvalue weighted by molar-refractivity contribution is -0.130. The zero-order valence-corrected chi connectivity index (χ0v) is 21.9. The molecule has 2 heterocycles. The maximum Gasteiger partial charge on any atom is 0.336 e. The number of hydrogen-bond donors (Lipinski definition) is 2. The molecule has 1 aromatic carbocycles. The third kappa shape index (κ3) is 7.87. The summed E-state index contributed by atoms with van der Waals surface area (Å²) in [6.45, 7) is 5.01. The molecule has 0 saturated carbocycles. The van der Waals surface area contributed by atoms with Gasteiger partial charge in [0.1, 0.15) is 5.82 Å². The second kappa shape index (κ2) is 14.2. The first-order chi connectivity index (χ1) is 14.8. The molecule has 1 fully saturated rings. The lowest BCUT2D eigenvalue weighted by Crippen LogP contribution is -2.49. The smallest absolute Gasteiger partial charge is 0.336 e. The van der Waals surface area contributed by atoms with E-state index in [2.05, 4.69) is 15.2 Å². The number of carboxylic acid groups (broad SMARTS) is 1. The van der Waals surface area contributed by atoms with Gasteiger partial charge in [-0.05, 0) is 30.7 Å². The second-order valence-electron chi connectivity index (χ2n) is 7.91. The number of likely N-dealkylation sites (N-methyl/N-ethyl adjacent to an activating group) is 1. The molecule has 2 N–H and O–H groups in total. The number of aromatic carboxylic acids is 1. The Bertz CT molecular complexity index is 998. The molecule has 0 radical (unpaired) electrons. The van der Waals surface area contributed by atoms with E-state index in [4.69, 9.17) is 0 Å². The number of carboxylic acids is 1. The number of aromatic nitrogens is 1. The van der Waals surface area contributed by atoms with Crippen molar-refractivity contribution in [2.75, 3.05) is 57.0 Å². The highest BCUT2D eigenvalue weighted by Crippen LogP contribution is 2.27. The number of halogens is 3. The molecule has 3 rings (SSSR count). The quantitative estimate of drug-likeness (QED) is 0.560. The van der Waals surface area contributed by atoms with Crippen molar-refractivity contribution >= 4 is 77.4 Å². The Morgan fingerprint density at radius 1 is 1.06 bits per heavy atom. The van der Waals surface area contributed by atoms with Gasteiger partial charge in [-0.25, -0.2) is 9.78 Å². The molecule has 190 valence electrons. The fraction of sp³-hybridized carbons (Fsp3) is 0.455. The van der Waals surface area contributed by atoms with E-state index in [0.717, 1.165) is 6.42 Å². The van der Waals surface area contributed by atoms with Crippen LogP contribution in [0.2, 0.25) is 0 Å². The highest BCUT2D eigenvalue weighted by molar-refractivity contribution is 6.05. The van der Waals surface area contributed by atoms with Crippen molar-refractivity contribution < 1.29 is 19.5 Å². The summed E-state index contributed by atoms with van der Waals surface area (Å²) in [5, 5.41) is 13.1. The Kier molecular flexibility index (Phi) is 13.2. The average Bonchev–Trinajstić information content (AvgIpc) is 2.73. The third-order valence-corrected chi connectivity index (χ3v) is 5.34. The molecular formula is C22H32Cl3N5O4. The maximum atomic E-state index is 11.9. The summed E-state index contributed by atoms with van der Waals surface area (Å²) in [5.41, 5.74) is 1.27. The SMILES string of the molecule is CCCC(=O)Nc1ccc2nc(N3CCN(CC(=O)N(C)C)CC3)cc(C(=O)O)c2c1.Cl.Cl.Cl. The van der Waals surface area contributed by atoms with Gasteiger partial charge in [0.25, 0.3) is 0 Å². The molecular weight excluding hydrogens is 505 g/mol. The number of nitrogens with zero attached hydrogens (tertiary/aromatic N) is 4. The van der Waals surface area contributed by atoms with Crippen LogP contribution < -0.4 is 10.2 Å². The third-order valence-electron chi connectivity index (χ3n) is 5.34. The molecule has 0 unspecified atom stereocenters. The lowest BCUT2D eigenvalue weighted by Gasteiger charge is -2.35. The first-order valence-corrected chi connectivity index (χ1v) is 10.4. The van der Waals surface area contributed by atoms with E-state index in [1.807, 2.05) is 11.8 Å². The maximum absolute atomic E-state index is 11.9. The highest BCUT2D eigenvalue weighted by Gasteiger charge is 2.22. The minimum Gasteiger partial charge on any atom is -0.478 e. The number of benzene rings is 1. The van der Waals surface area contributed by atoms with Crippen LogP contribution in [0.4, 0.5) is 11.5 Å². The highest BCUT2D eigenvalue weighted by atomic mass is 35.5. The van der Waals surface area contributed by atoms with Gasteiger partial charge >= 0.3 is 5.97 Å². The van der Waals surface area contributed by atoms with E-state index in [9.17, 15) is 19.5 Å². The van der Waals surface area contributed by atoms with Crippen molar-refractivity contribution in [1.29, 1.82) is 0 Å². The Labute approximate surface area is 218 Å². The molecule has 1 saturated heterocycles. The van der Waals surface area contributed by atoms with E-state index in [-0.39, 0.29) is 54.6 Å². The van der Waals surface area contributed by atoms with Gasteiger partial charge in [0, 0.05) is 57.8 Å². The van der Waals surface area contributed by atoms with Gasteiger partial charge in [-0.2, -0.15) is 0 Å². The number of nitrogens with one attached hydrogen (secondary N) is 1. The predicted octanol–water partition coefficient (Wildman–Crippen LogP) is 3.15. The molecule has 0 spiro atoms. The van der Waals surface area contributed by atoms with Crippen LogP contribution in [0.1, 0.15) is 30.1 Å². The van der Waals surface area contributed by atoms with Crippen LogP contribution in [0.25, 0.3) is 10.9 Å². The summed E-state index contributed by atoms with van der Waals surface area (Å²) >= 11 is 0. The summed E-state index contributed by atoms with van der Waals surface area (Å²) in [4.78, 5) is 46.1. The second-order valence-corrected chi connectivity index (χ2v) is 7.91. The molecule has 1 aliphatic rings. The van der Waals surface area contributed by atoms with Crippen molar-refractivity contribution in [2.45, 2.75) is 19.8 Å². The number of rotatable bonds is 7. The lowest BCUT2D eigenvalue weighted by atomic mass is 10.1. The number of amides is 2. The van der Waals surface area contributed by atoms with Crippen molar-refractivity contribution in [3.05, 3.63) is 29.8 Å². The molecule has 0 aliphatic carbocycles. The van der Waals surface area contributed by atoms with Crippen LogP contribution in [0.5, 0.6) is 0 Å². The summed E-state index contributed by atoms with van der Waals surface area (Å²) in [7, 11) is 3.48. The van der Waals surface area contributed by atoms with Gasteiger partial charge < -0.3 is 20.2 Å². The molecule has 0 atom stereocenters. The predicted molar refractivity (Wildman–Crippen MR) is 141 cm³/mol. The first kappa shape index (κ1) is 31.7. The van der Waals surface area contributed by atoms with Crippen LogP contribution in [0.15, 0.2) is 24.3 Å². The van der Waals surface area contributed by atoms with Crippen LogP contribution in [-0.2, 0) is 9.59 Å². The van der Waals surface area contributed by atoms with Gasteiger partial charge in [-0.15, -0.1) is 37.2 Å². The molecule has 1 aliphatic heterocycles. The number of carbonyl (C=O) groups excluding carboxylic acids is 2.